The fourth-order valence-corrected chi connectivity index (χ4v) is 5.08. The summed E-state index contributed by atoms with van der Waals surface area (Å²) in [6.07, 6.45) is 0. The molecule has 0 N–H and O–H groups in total. The van der Waals surface area contributed by atoms with Crippen LogP contribution < -0.4 is 0 Å². The fraction of sp³-hybridized carbons (Fsp3) is 0.294. The molecule has 3 aromatic rings. The molecular formula is C17H17ClN4O3S2. The SMILES string of the molecule is O=S(=O)(c1ccc(Cl)cc1)N1CCN(Cc2nnc(-c3cccs3)o2)CC1. The molecule has 1 aromatic carbocycles. The minimum Gasteiger partial charge on any atom is -0.419 e. The van der Waals surface area contributed by atoms with Gasteiger partial charge in [0.05, 0.1) is 16.3 Å². The lowest BCUT2D eigenvalue weighted by Gasteiger charge is -2.33. The molecule has 0 spiro atoms. The molecule has 0 aliphatic carbocycles. The van der Waals surface area contributed by atoms with Gasteiger partial charge in [-0.2, -0.15) is 4.31 Å². The van der Waals surface area contributed by atoms with E-state index in [-0.39, 0.29) is 4.90 Å². The maximum atomic E-state index is 12.7. The average molecular weight is 425 g/mol. The molecular weight excluding hydrogens is 408 g/mol. The van der Waals surface area contributed by atoms with E-state index >= 15 is 0 Å². The van der Waals surface area contributed by atoms with Crippen molar-refractivity contribution >= 4 is 33.0 Å². The Bertz CT molecular complexity index is 995. The van der Waals surface area contributed by atoms with Crippen molar-refractivity contribution in [2.75, 3.05) is 26.2 Å². The first-order valence-corrected chi connectivity index (χ1v) is 11.1. The van der Waals surface area contributed by atoms with Crippen LogP contribution in [0.15, 0.2) is 51.1 Å². The van der Waals surface area contributed by atoms with Crippen LogP contribution in [0.25, 0.3) is 10.8 Å². The summed E-state index contributed by atoms with van der Waals surface area (Å²) >= 11 is 7.39. The summed E-state index contributed by atoms with van der Waals surface area (Å²) in [4.78, 5) is 3.31. The molecule has 1 fully saturated rings. The molecule has 27 heavy (non-hydrogen) atoms. The summed E-state index contributed by atoms with van der Waals surface area (Å²) in [7, 11) is -3.50. The third-order valence-corrected chi connectivity index (χ3v) is 7.36. The van der Waals surface area contributed by atoms with Crippen LogP contribution in [0.4, 0.5) is 0 Å². The van der Waals surface area contributed by atoms with Crippen LogP contribution in [-0.2, 0) is 16.6 Å². The number of halogens is 1. The van der Waals surface area contributed by atoms with Gasteiger partial charge in [0.15, 0.2) is 0 Å². The summed E-state index contributed by atoms with van der Waals surface area (Å²) in [6, 6.07) is 10.1. The number of aromatic nitrogens is 2. The van der Waals surface area contributed by atoms with Crippen LogP contribution >= 0.6 is 22.9 Å². The van der Waals surface area contributed by atoms with E-state index in [1.807, 2.05) is 17.5 Å². The number of benzene rings is 1. The number of hydrogen-bond acceptors (Lipinski definition) is 7. The third kappa shape index (κ3) is 4.07. The minimum atomic E-state index is -3.50. The first-order chi connectivity index (χ1) is 13.0. The Kier molecular flexibility index (Phi) is 5.29. The van der Waals surface area contributed by atoms with E-state index in [1.54, 1.807) is 23.5 Å². The number of thiophene rings is 1. The van der Waals surface area contributed by atoms with Gasteiger partial charge < -0.3 is 4.42 Å². The first kappa shape index (κ1) is 18.6. The molecule has 0 unspecified atom stereocenters. The summed E-state index contributed by atoms with van der Waals surface area (Å²) in [5.41, 5.74) is 0. The maximum absolute atomic E-state index is 12.7. The monoisotopic (exact) mass is 424 g/mol. The van der Waals surface area contributed by atoms with Crippen molar-refractivity contribution < 1.29 is 12.8 Å². The van der Waals surface area contributed by atoms with Crippen molar-refractivity contribution in [2.45, 2.75) is 11.4 Å². The highest BCUT2D eigenvalue weighted by atomic mass is 35.5. The molecule has 0 radical (unpaired) electrons. The molecule has 0 atom stereocenters. The second-order valence-corrected chi connectivity index (χ2v) is 9.43. The van der Waals surface area contributed by atoms with Gasteiger partial charge >= 0.3 is 0 Å². The van der Waals surface area contributed by atoms with E-state index in [0.29, 0.717) is 49.5 Å². The summed E-state index contributed by atoms with van der Waals surface area (Å²) in [5.74, 6) is 1.05. The molecule has 0 bridgehead atoms. The van der Waals surface area contributed by atoms with Gasteiger partial charge in [-0.1, -0.05) is 17.7 Å². The number of hydrogen-bond donors (Lipinski definition) is 0. The Morgan fingerprint density at radius 3 is 2.48 bits per heavy atom. The van der Waals surface area contributed by atoms with Gasteiger partial charge in [0.25, 0.3) is 5.89 Å². The van der Waals surface area contributed by atoms with Gasteiger partial charge in [-0.3, -0.25) is 4.90 Å². The standard InChI is InChI=1S/C17H17ClN4O3S2/c18-13-3-5-14(6-4-13)27(23,24)22-9-7-21(8-10-22)12-16-19-20-17(25-16)15-2-1-11-26-15/h1-6,11H,7-10,12H2. The first-order valence-electron chi connectivity index (χ1n) is 8.37. The van der Waals surface area contributed by atoms with Crippen molar-refractivity contribution in [2.24, 2.45) is 0 Å². The van der Waals surface area contributed by atoms with Gasteiger partial charge in [-0.05, 0) is 35.7 Å². The van der Waals surface area contributed by atoms with Gasteiger partial charge in [0, 0.05) is 31.2 Å². The number of nitrogens with zero attached hydrogens (tertiary/aromatic N) is 4. The van der Waals surface area contributed by atoms with Crippen molar-refractivity contribution in [3.05, 3.63) is 52.7 Å². The van der Waals surface area contributed by atoms with Crippen molar-refractivity contribution in [3.8, 4) is 10.8 Å². The summed E-state index contributed by atoms with van der Waals surface area (Å²) in [5, 5.41) is 10.6. The molecule has 0 amide bonds. The van der Waals surface area contributed by atoms with Gasteiger partial charge in [0.2, 0.25) is 15.9 Å². The van der Waals surface area contributed by atoms with Crippen LogP contribution in [0.1, 0.15) is 5.89 Å². The third-order valence-electron chi connectivity index (χ3n) is 4.34. The predicted octanol–water partition coefficient (Wildman–Crippen LogP) is 2.96. The van der Waals surface area contributed by atoms with Crippen LogP contribution in [0, 0.1) is 0 Å². The van der Waals surface area contributed by atoms with Crippen LogP contribution in [0.5, 0.6) is 0 Å². The lowest BCUT2D eigenvalue weighted by atomic mass is 10.3. The normalized spacial score (nSPS) is 16.6. The second kappa shape index (κ2) is 7.69. The van der Waals surface area contributed by atoms with E-state index in [1.165, 1.54) is 16.4 Å². The summed E-state index contributed by atoms with van der Waals surface area (Å²) < 4.78 is 32.7. The quantitative estimate of drug-likeness (QED) is 0.626. The number of sulfonamides is 1. The highest BCUT2D eigenvalue weighted by Crippen LogP contribution is 2.24. The molecule has 7 nitrogen and oxygen atoms in total. The molecule has 10 heteroatoms. The maximum Gasteiger partial charge on any atom is 0.257 e. The van der Waals surface area contributed by atoms with Crippen molar-refractivity contribution in [1.82, 2.24) is 19.4 Å². The molecule has 4 rings (SSSR count). The Morgan fingerprint density at radius 1 is 1.07 bits per heavy atom. The minimum absolute atomic E-state index is 0.262. The number of rotatable bonds is 5. The smallest absolute Gasteiger partial charge is 0.257 e. The largest absolute Gasteiger partial charge is 0.419 e. The lowest BCUT2D eigenvalue weighted by molar-refractivity contribution is 0.168. The Balaban J connectivity index is 1.37. The van der Waals surface area contributed by atoms with E-state index < -0.39 is 10.0 Å². The van der Waals surface area contributed by atoms with Gasteiger partial charge in [-0.25, -0.2) is 8.42 Å². The Morgan fingerprint density at radius 2 is 1.81 bits per heavy atom. The zero-order chi connectivity index (χ0) is 18.9. The molecule has 1 aliphatic rings. The molecule has 2 aromatic heterocycles. The van der Waals surface area contributed by atoms with E-state index in [9.17, 15) is 8.42 Å². The van der Waals surface area contributed by atoms with E-state index in [4.69, 9.17) is 16.0 Å². The molecule has 3 heterocycles. The average Bonchev–Trinajstić information content (AvgIpc) is 3.34. The van der Waals surface area contributed by atoms with E-state index in [0.717, 1.165) is 4.88 Å². The molecule has 142 valence electrons. The topological polar surface area (TPSA) is 79.5 Å². The van der Waals surface area contributed by atoms with Gasteiger partial charge in [0.1, 0.15) is 0 Å². The Labute approximate surface area is 166 Å². The van der Waals surface area contributed by atoms with Crippen molar-refractivity contribution in [1.29, 1.82) is 0 Å². The zero-order valence-electron chi connectivity index (χ0n) is 14.3. The predicted molar refractivity (Wildman–Crippen MR) is 103 cm³/mol. The van der Waals surface area contributed by atoms with Crippen LogP contribution in [0.3, 0.4) is 0 Å². The highest BCUT2D eigenvalue weighted by molar-refractivity contribution is 7.89. The van der Waals surface area contributed by atoms with Crippen molar-refractivity contribution in [3.63, 3.8) is 0 Å². The van der Waals surface area contributed by atoms with Crippen LogP contribution in [-0.4, -0.2) is 54.0 Å². The van der Waals surface area contributed by atoms with Crippen LogP contribution in [0.2, 0.25) is 5.02 Å². The Hall–Kier alpha value is -1.78. The molecule has 0 saturated carbocycles. The molecule has 1 saturated heterocycles. The highest BCUT2D eigenvalue weighted by Gasteiger charge is 2.29. The second-order valence-electron chi connectivity index (χ2n) is 6.11. The number of piperazine rings is 1. The fourth-order valence-electron chi connectivity index (χ4n) is 2.89. The molecule has 1 aliphatic heterocycles. The van der Waals surface area contributed by atoms with Gasteiger partial charge in [-0.15, -0.1) is 21.5 Å². The zero-order valence-corrected chi connectivity index (χ0v) is 16.7. The van der Waals surface area contributed by atoms with E-state index in [2.05, 4.69) is 15.1 Å². The summed E-state index contributed by atoms with van der Waals surface area (Å²) in [6.45, 7) is 2.54. The lowest BCUT2D eigenvalue weighted by Crippen LogP contribution is -2.48.